The number of allylic oxidation sites excluding steroid dienone is 1. The number of hydrogen-bond acceptors (Lipinski definition) is 7. The largest absolute Gasteiger partial charge is 0.469 e. The van der Waals surface area contributed by atoms with Crippen molar-refractivity contribution in [2.24, 2.45) is 0 Å². The molecule has 0 amide bonds. The number of methoxy groups -OCH3 is 1. The third-order valence-electron chi connectivity index (χ3n) is 6.93. The smallest absolute Gasteiger partial charge is 0.308 e. The summed E-state index contributed by atoms with van der Waals surface area (Å²) in [6, 6.07) is 0. The molecule has 6 heterocycles. The summed E-state index contributed by atoms with van der Waals surface area (Å²) in [6.07, 6.45) is 3.43. The summed E-state index contributed by atoms with van der Waals surface area (Å²) in [5, 5.41) is -0.00654. The second-order valence-electron chi connectivity index (χ2n) is 9.00. The third-order valence-corrected chi connectivity index (χ3v) is 7.74. The zero-order valence-corrected chi connectivity index (χ0v) is 19.9. The lowest BCUT2D eigenvalue weighted by molar-refractivity contribution is -0.292. The number of alkyl halides is 1. The van der Waals surface area contributed by atoms with Gasteiger partial charge in [-0.15, -0.1) is 11.6 Å². The van der Waals surface area contributed by atoms with Crippen LogP contribution in [0.1, 0.15) is 44.9 Å². The summed E-state index contributed by atoms with van der Waals surface area (Å²) in [6.45, 7) is 3.95. The van der Waals surface area contributed by atoms with E-state index in [9.17, 15) is 4.79 Å². The van der Waals surface area contributed by atoms with Gasteiger partial charge in [-0.25, -0.2) is 0 Å². The Hall–Kier alpha value is 0.0300. The molecular weight excluding hydrogens is 527 g/mol. The summed E-state index contributed by atoms with van der Waals surface area (Å²) in [5.41, 5.74) is 0. The standard InChI is InChI=1S/C21H28ClIO7/c1-10(23)7-11(22)5-6-21-9-14-17(29-21)18-19(28-14)20(30-21)16-13(27-18)4-3-12(26-16)8-15(24)25-2/h11-14,16-20H,1,3-9H2,2H3/t11-,12-,13+,14?,16+,17+,18+,19-,20+,21?/m1/s1. The van der Waals surface area contributed by atoms with Gasteiger partial charge >= 0.3 is 5.97 Å². The lowest BCUT2D eigenvalue weighted by atomic mass is 9.87. The second kappa shape index (κ2) is 8.43. The van der Waals surface area contributed by atoms with E-state index in [1.807, 2.05) is 0 Å². The molecule has 9 heteroatoms. The van der Waals surface area contributed by atoms with Crippen LogP contribution in [0.2, 0.25) is 0 Å². The number of esters is 1. The van der Waals surface area contributed by atoms with Crippen LogP contribution in [0.25, 0.3) is 0 Å². The normalized spacial score (nSPS) is 46.9. The molecule has 0 aromatic heterocycles. The highest BCUT2D eigenvalue weighted by Gasteiger charge is 2.68. The van der Waals surface area contributed by atoms with Gasteiger partial charge in [0.25, 0.3) is 0 Å². The molecule has 0 radical (unpaired) electrons. The Bertz CT molecular complexity index is 707. The van der Waals surface area contributed by atoms with Crippen LogP contribution in [0.3, 0.4) is 0 Å². The van der Waals surface area contributed by atoms with E-state index in [0.29, 0.717) is 12.8 Å². The molecule has 6 aliphatic heterocycles. The number of hydrogen-bond donors (Lipinski definition) is 0. The van der Waals surface area contributed by atoms with Gasteiger partial charge in [-0.05, 0) is 51.9 Å². The maximum Gasteiger partial charge on any atom is 0.308 e. The summed E-state index contributed by atoms with van der Waals surface area (Å²) < 4.78 is 38.1. The van der Waals surface area contributed by atoms with Crippen molar-refractivity contribution >= 4 is 40.2 Å². The van der Waals surface area contributed by atoms with E-state index in [-0.39, 0.29) is 66.6 Å². The number of ether oxygens (including phenoxy) is 6. The SMILES string of the molecule is C=C(I)C[C@H](Cl)CCC12CC3O[C@H]4[C@@H](O1)[C@H]1O[C@@H](CC(=O)OC)CC[C@@H]1O[C@H]4[C@H]3O2. The van der Waals surface area contributed by atoms with Gasteiger partial charge in [-0.1, -0.05) is 6.58 Å². The van der Waals surface area contributed by atoms with E-state index in [1.165, 1.54) is 7.11 Å². The van der Waals surface area contributed by atoms with E-state index in [0.717, 1.165) is 29.3 Å². The van der Waals surface area contributed by atoms with Crippen molar-refractivity contribution in [3.8, 4) is 0 Å². The molecule has 6 rings (SSSR count). The molecule has 0 aromatic carbocycles. The molecular formula is C21H28ClIO7. The van der Waals surface area contributed by atoms with E-state index < -0.39 is 5.79 Å². The van der Waals surface area contributed by atoms with Crippen molar-refractivity contribution in [2.45, 2.75) is 105 Å². The van der Waals surface area contributed by atoms with Gasteiger partial charge in [0.2, 0.25) is 0 Å². The summed E-state index contributed by atoms with van der Waals surface area (Å²) in [4.78, 5) is 11.7. The first-order valence-electron chi connectivity index (χ1n) is 10.7. The van der Waals surface area contributed by atoms with Gasteiger partial charge in [-0.3, -0.25) is 4.79 Å². The molecule has 30 heavy (non-hydrogen) atoms. The Morgan fingerprint density at radius 1 is 1.13 bits per heavy atom. The monoisotopic (exact) mass is 554 g/mol. The van der Waals surface area contributed by atoms with E-state index in [1.54, 1.807) is 0 Å². The Labute approximate surface area is 195 Å². The zero-order chi connectivity index (χ0) is 21.0. The van der Waals surface area contributed by atoms with Crippen molar-refractivity contribution < 1.29 is 33.2 Å². The minimum Gasteiger partial charge on any atom is -0.469 e. The summed E-state index contributed by atoms with van der Waals surface area (Å²) >= 11 is 8.73. The summed E-state index contributed by atoms with van der Waals surface area (Å²) in [7, 11) is 1.40. The van der Waals surface area contributed by atoms with Gasteiger partial charge in [0.05, 0.1) is 31.8 Å². The van der Waals surface area contributed by atoms with Crippen LogP contribution < -0.4 is 0 Å². The van der Waals surface area contributed by atoms with Gasteiger partial charge in [0, 0.05) is 18.2 Å². The van der Waals surface area contributed by atoms with E-state index in [4.69, 9.17) is 40.0 Å². The van der Waals surface area contributed by atoms with Crippen LogP contribution in [0.5, 0.6) is 0 Å². The fourth-order valence-corrected chi connectivity index (χ4v) is 6.70. The van der Waals surface area contributed by atoms with Crippen LogP contribution in [0.15, 0.2) is 10.2 Å². The predicted octanol–water partition coefficient (Wildman–Crippen LogP) is 3.24. The highest BCUT2D eigenvalue weighted by molar-refractivity contribution is 14.1. The average Bonchev–Trinajstić information content (AvgIpc) is 3.11. The predicted molar refractivity (Wildman–Crippen MR) is 116 cm³/mol. The number of rotatable bonds is 7. The van der Waals surface area contributed by atoms with Crippen LogP contribution in [0.4, 0.5) is 0 Å². The molecule has 0 spiro atoms. The first-order valence-corrected chi connectivity index (χ1v) is 12.3. The van der Waals surface area contributed by atoms with Crippen LogP contribution >= 0.6 is 34.2 Å². The Morgan fingerprint density at radius 3 is 2.63 bits per heavy atom. The topological polar surface area (TPSA) is 72.5 Å². The fraction of sp³-hybridized carbons (Fsp3) is 0.857. The first-order chi connectivity index (χ1) is 14.4. The van der Waals surface area contributed by atoms with Crippen molar-refractivity contribution in [1.82, 2.24) is 0 Å². The number of halogens is 2. The minimum absolute atomic E-state index is 0.00654. The number of carbonyl (C=O) groups is 1. The lowest BCUT2D eigenvalue weighted by Gasteiger charge is -2.47. The Balaban J connectivity index is 1.32. The highest BCUT2D eigenvalue weighted by atomic mass is 127. The minimum atomic E-state index is -0.722. The maximum atomic E-state index is 11.7. The zero-order valence-electron chi connectivity index (χ0n) is 17.0. The molecule has 6 bridgehead atoms. The average molecular weight is 555 g/mol. The van der Waals surface area contributed by atoms with Gasteiger partial charge < -0.3 is 28.4 Å². The highest BCUT2D eigenvalue weighted by Crippen LogP contribution is 2.54. The molecule has 0 aliphatic carbocycles. The summed E-state index contributed by atoms with van der Waals surface area (Å²) in [5.74, 6) is -0.987. The number of carbonyl (C=O) groups excluding carboxylic acids is 1. The van der Waals surface area contributed by atoms with Gasteiger partial charge in [0.15, 0.2) is 5.79 Å². The fourth-order valence-electron chi connectivity index (χ4n) is 5.62. The van der Waals surface area contributed by atoms with Crippen molar-refractivity contribution in [3.05, 3.63) is 10.2 Å². The third kappa shape index (κ3) is 3.95. The molecule has 2 unspecified atom stereocenters. The number of fused-ring (bicyclic) bond motifs is 1. The van der Waals surface area contributed by atoms with E-state index in [2.05, 4.69) is 29.2 Å². The van der Waals surface area contributed by atoms with Crippen molar-refractivity contribution in [3.63, 3.8) is 0 Å². The van der Waals surface area contributed by atoms with Gasteiger partial charge in [0.1, 0.15) is 30.5 Å². The van der Waals surface area contributed by atoms with Crippen LogP contribution in [-0.4, -0.2) is 73.1 Å². The van der Waals surface area contributed by atoms with Gasteiger partial charge in [-0.2, -0.15) is 0 Å². The molecule has 0 N–H and O–H groups in total. The van der Waals surface area contributed by atoms with Crippen LogP contribution in [0, 0.1) is 0 Å². The van der Waals surface area contributed by atoms with Crippen molar-refractivity contribution in [2.75, 3.05) is 7.11 Å². The molecule has 7 nitrogen and oxygen atoms in total. The first kappa shape index (κ1) is 21.9. The molecule has 0 aromatic rings. The molecule has 0 saturated carbocycles. The quantitative estimate of drug-likeness (QED) is 0.272. The van der Waals surface area contributed by atoms with Crippen molar-refractivity contribution in [1.29, 1.82) is 0 Å². The second-order valence-corrected chi connectivity index (χ2v) is 11.1. The maximum absolute atomic E-state index is 11.7. The molecule has 10 atom stereocenters. The molecule has 168 valence electrons. The molecule has 6 saturated heterocycles. The Morgan fingerprint density at radius 2 is 1.87 bits per heavy atom. The van der Waals surface area contributed by atoms with E-state index >= 15 is 0 Å². The Kier molecular flexibility index (Phi) is 6.14. The molecule has 6 fully saturated rings. The molecule has 6 aliphatic rings. The van der Waals surface area contributed by atoms with Crippen LogP contribution in [-0.2, 0) is 33.2 Å². The lowest BCUT2D eigenvalue weighted by Crippen LogP contribution is -2.61.